The first-order valence-electron chi connectivity index (χ1n) is 13.1. The third kappa shape index (κ3) is 7.21. The average molecular weight is 571 g/mol. The average Bonchev–Trinajstić information content (AvgIpc) is 3.43. The number of methoxy groups -OCH3 is 1. The Balaban J connectivity index is 1.58. The maximum Gasteiger partial charge on any atom is 0.271 e. The smallest absolute Gasteiger partial charge is 0.271 e. The number of halogens is 2. The van der Waals surface area contributed by atoms with Gasteiger partial charge in [0.05, 0.1) is 30.2 Å². The van der Waals surface area contributed by atoms with Crippen molar-refractivity contribution >= 4 is 29.0 Å². The van der Waals surface area contributed by atoms with Crippen LogP contribution in [0.1, 0.15) is 42.0 Å². The van der Waals surface area contributed by atoms with Gasteiger partial charge < -0.3 is 30.7 Å². The van der Waals surface area contributed by atoms with Crippen LogP contribution < -0.4 is 21.1 Å². The van der Waals surface area contributed by atoms with Crippen LogP contribution in [0.3, 0.4) is 0 Å². The molecule has 41 heavy (non-hydrogen) atoms. The van der Waals surface area contributed by atoms with E-state index in [1.165, 1.54) is 0 Å². The number of rotatable bonds is 12. The summed E-state index contributed by atoms with van der Waals surface area (Å²) in [5.74, 6) is -4.15. The SMILES string of the molecule is C=CC(=O)Nc1cc(Oc2nc(Nc3cnn(C4CCN(CCOC)CC4)c3)c(C(N)=O)nc2CC)c(F)cc1F. The van der Waals surface area contributed by atoms with E-state index in [0.717, 1.165) is 44.6 Å². The summed E-state index contributed by atoms with van der Waals surface area (Å²) >= 11 is 0. The van der Waals surface area contributed by atoms with Crippen molar-refractivity contribution in [3.63, 3.8) is 0 Å². The van der Waals surface area contributed by atoms with Crippen molar-refractivity contribution in [1.29, 1.82) is 0 Å². The summed E-state index contributed by atoms with van der Waals surface area (Å²) in [4.78, 5) is 34.9. The van der Waals surface area contributed by atoms with Crippen molar-refractivity contribution in [2.75, 3.05) is 44.0 Å². The number of primary amides is 1. The van der Waals surface area contributed by atoms with Crippen LogP contribution in [0.4, 0.5) is 26.0 Å². The van der Waals surface area contributed by atoms with Gasteiger partial charge in [-0.15, -0.1) is 0 Å². The molecule has 12 nitrogen and oxygen atoms in total. The van der Waals surface area contributed by atoms with E-state index in [1.54, 1.807) is 26.4 Å². The zero-order chi connectivity index (χ0) is 29.5. The molecule has 4 N–H and O–H groups in total. The van der Waals surface area contributed by atoms with Crippen LogP contribution in [-0.4, -0.2) is 69.8 Å². The largest absolute Gasteiger partial charge is 0.434 e. The number of nitrogens with one attached hydrogen (secondary N) is 2. The van der Waals surface area contributed by atoms with Gasteiger partial charge in [-0.25, -0.2) is 13.8 Å². The summed E-state index contributed by atoms with van der Waals surface area (Å²) in [5, 5.41) is 9.73. The van der Waals surface area contributed by atoms with E-state index in [-0.39, 0.29) is 41.2 Å². The minimum atomic E-state index is -1.04. The number of aryl methyl sites for hydroxylation is 1. The second-order valence-electron chi connectivity index (χ2n) is 9.35. The molecule has 2 amide bonds. The minimum Gasteiger partial charge on any atom is -0.434 e. The van der Waals surface area contributed by atoms with Gasteiger partial charge in [0, 0.05) is 45.1 Å². The monoisotopic (exact) mass is 570 g/mol. The molecule has 2 aromatic heterocycles. The third-order valence-corrected chi connectivity index (χ3v) is 6.58. The van der Waals surface area contributed by atoms with Gasteiger partial charge in [0.25, 0.3) is 5.91 Å². The fourth-order valence-corrected chi connectivity index (χ4v) is 4.38. The number of carbonyl (C=O) groups is 2. The molecule has 1 aliphatic heterocycles. The molecule has 3 aromatic rings. The van der Waals surface area contributed by atoms with E-state index in [0.29, 0.717) is 18.4 Å². The highest BCUT2D eigenvalue weighted by Gasteiger charge is 2.23. The number of aromatic nitrogens is 4. The number of benzene rings is 1. The van der Waals surface area contributed by atoms with Gasteiger partial charge in [0.15, 0.2) is 23.1 Å². The van der Waals surface area contributed by atoms with E-state index >= 15 is 0 Å². The molecule has 218 valence electrons. The number of nitrogens with two attached hydrogens (primary N) is 1. The summed E-state index contributed by atoms with van der Waals surface area (Å²) in [6.07, 6.45) is 6.42. The van der Waals surface area contributed by atoms with E-state index in [2.05, 4.69) is 37.2 Å². The second-order valence-corrected chi connectivity index (χ2v) is 9.35. The molecule has 1 aliphatic rings. The van der Waals surface area contributed by atoms with Crippen LogP contribution in [0.15, 0.2) is 37.2 Å². The molecule has 0 unspecified atom stereocenters. The lowest BCUT2D eigenvalue weighted by molar-refractivity contribution is -0.111. The molecule has 0 atom stereocenters. The molecule has 1 saturated heterocycles. The van der Waals surface area contributed by atoms with Crippen molar-refractivity contribution in [1.82, 2.24) is 24.6 Å². The first-order chi connectivity index (χ1) is 19.7. The first-order valence-corrected chi connectivity index (χ1v) is 13.1. The number of ether oxygens (including phenoxy) is 2. The van der Waals surface area contributed by atoms with Gasteiger partial charge in [-0.3, -0.25) is 14.3 Å². The van der Waals surface area contributed by atoms with Crippen LogP contribution in [0, 0.1) is 11.6 Å². The molecule has 1 fully saturated rings. The first kappa shape index (κ1) is 29.6. The molecule has 0 radical (unpaired) electrons. The Bertz CT molecular complexity index is 1420. The Kier molecular flexibility index (Phi) is 9.57. The molecule has 0 saturated carbocycles. The standard InChI is InChI=1S/C27H32F2N8O4/c1-4-20-27(41-22-13-21(33-23(38)5-2)18(28)12-19(22)29)35-26(24(34-20)25(30)39)32-16-14-31-37(15-16)17-6-8-36(9-7-17)10-11-40-3/h5,12-15,17H,2,4,6-11H2,1,3H3,(H2,30,39)(H,32,35)(H,33,38). The van der Waals surface area contributed by atoms with Crippen LogP contribution >= 0.6 is 0 Å². The highest BCUT2D eigenvalue weighted by molar-refractivity contribution is 5.99. The predicted octanol–water partition coefficient (Wildman–Crippen LogP) is 3.56. The lowest BCUT2D eigenvalue weighted by Gasteiger charge is -2.31. The highest BCUT2D eigenvalue weighted by Crippen LogP contribution is 2.32. The molecular formula is C27H32F2N8O4. The highest BCUT2D eigenvalue weighted by atomic mass is 19.1. The summed E-state index contributed by atoms with van der Waals surface area (Å²) in [5.41, 5.74) is 5.85. The number of hydrogen-bond donors (Lipinski definition) is 3. The van der Waals surface area contributed by atoms with Gasteiger partial charge in [0.2, 0.25) is 11.8 Å². The molecular weight excluding hydrogens is 538 g/mol. The van der Waals surface area contributed by atoms with Gasteiger partial charge in [-0.05, 0) is 25.3 Å². The lowest BCUT2D eigenvalue weighted by Crippen LogP contribution is -2.36. The second kappa shape index (κ2) is 13.3. The fourth-order valence-electron chi connectivity index (χ4n) is 4.38. The summed E-state index contributed by atoms with van der Waals surface area (Å²) in [6, 6.07) is 1.75. The van der Waals surface area contributed by atoms with E-state index in [4.69, 9.17) is 15.2 Å². The molecule has 14 heteroatoms. The molecule has 0 spiro atoms. The van der Waals surface area contributed by atoms with E-state index in [9.17, 15) is 18.4 Å². The normalized spacial score (nSPS) is 14.0. The Morgan fingerprint density at radius 1 is 1.22 bits per heavy atom. The maximum atomic E-state index is 14.6. The van der Waals surface area contributed by atoms with Crippen molar-refractivity contribution < 1.29 is 27.8 Å². The Hall–Kier alpha value is -4.43. The summed E-state index contributed by atoms with van der Waals surface area (Å²) in [7, 11) is 1.69. The van der Waals surface area contributed by atoms with E-state index < -0.39 is 29.2 Å². The molecule has 3 heterocycles. The Morgan fingerprint density at radius 3 is 2.63 bits per heavy atom. The van der Waals surface area contributed by atoms with Gasteiger partial charge in [-0.2, -0.15) is 10.1 Å². The van der Waals surface area contributed by atoms with Crippen LogP contribution in [-0.2, 0) is 16.0 Å². The molecule has 4 rings (SSSR count). The zero-order valence-corrected chi connectivity index (χ0v) is 22.8. The van der Waals surface area contributed by atoms with Crippen LogP contribution in [0.2, 0.25) is 0 Å². The van der Waals surface area contributed by atoms with Gasteiger partial charge in [0.1, 0.15) is 11.5 Å². The Labute approximate surface area is 235 Å². The number of amides is 2. The summed E-state index contributed by atoms with van der Waals surface area (Å²) < 4.78 is 41.5. The van der Waals surface area contributed by atoms with Crippen molar-refractivity contribution in [3.05, 3.63) is 60.2 Å². The van der Waals surface area contributed by atoms with Gasteiger partial charge in [-0.1, -0.05) is 13.5 Å². The molecule has 1 aromatic carbocycles. The maximum absolute atomic E-state index is 14.6. The number of carbonyl (C=O) groups excluding carboxylic acids is 2. The lowest BCUT2D eigenvalue weighted by atomic mass is 10.1. The topological polar surface area (TPSA) is 150 Å². The Morgan fingerprint density at radius 2 is 1.98 bits per heavy atom. The molecule has 0 bridgehead atoms. The number of likely N-dealkylation sites (tertiary alicyclic amines) is 1. The zero-order valence-electron chi connectivity index (χ0n) is 22.8. The third-order valence-electron chi connectivity index (χ3n) is 6.58. The minimum absolute atomic E-state index is 0.0265. The number of anilines is 3. The van der Waals surface area contributed by atoms with E-state index in [1.807, 2.05) is 4.68 Å². The number of piperidine rings is 1. The fraction of sp³-hybridized carbons (Fsp3) is 0.370. The molecule has 0 aliphatic carbocycles. The van der Waals surface area contributed by atoms with Crippen LogP contribution in [0.25, 0.3) is 0 Å². The quantitative estimate of drug-likeness (QED) is 0.278. The van der Waals surface area contributed by atoms with Crippen molar-refractivity contribution in [2.45, 2.75) is 32.2 Å². The van der Waals surface area contributed by atoms with Crippen molar-refractivity contribution in [3.8, 4) is 11.6 Å². The number of nitrogens with zero attached hydrogens (tertiary/aromatic N) is 5. The predicted molar refractivity (Wildman–Crippen MR) is 147 cm³/mol. The van der Waals surface area contributed by atoms with Gasteiger partial charge >= 0.3 is 0 Å². The van der Waals surface area contributed by atoms with Crippen LogP contribution in [0.5, 0.6) is 11.6 Å². The summed E-state index contributed by atoms with van der Waals surface area (Å²) in [6.45, 7) is 8.46. The van der Waals surface area contributed by atoms with Crippen molar-refractivity contribution in [2.24, 2.45) is 5.73 Å². The number of hydrogen-bond acceptors (Lipinski definition) is 9.